The number of anilines is 2. The van der Waals surface area contributed by atoms with Gasteiger partial charge in [0, 0.05) is 12.7 Å². The zero-order valence-corrected chi connectivity index (χ0v) is 12.0. The molecular formula is C15H22N2O3. The first-order valence-electron chi connectivity index (χ1n) is 6.96. The molecule has 0 aliphatic heterocycles. The fourth-order valence-corrected chi connectivity index (χ4v) is 1.91. The number of hydrogen-bond acceptors (Lipinski definition) is 4. The van der Waals surface area contributed by atoms with Gasteiger partial charge in [0.2, 0.25) is 0 Å². The zero-order chi connectivity index (χ0) is 14.5. The van der Waals surface area contributed by atoms with E-state index < -0.39 is 6.10 Å². The third-order valence-corrected chi connectivity index (χ3v) is 3.48. The van der Waals surface area contributed by atoms with E-state index in [1.165, 1.54) is 12.8 Å². The lowest BCUT2D eigenvalue weighted by Gasteiger charge is -2.14. The van der Waals surface area contributed by atoms with Crippen LogP contribution in [-0.2, 0) is 9.53 Å². The smallest absolute Gasteiger partial charge is 0.253 e. The Hall–Kier alpha value is -1.75. The number of ether oxygens (including phenoxy) is 2. The SMILES string of the molecule is COc1ccc(NC(=O)C(C)OCCC2CC2)c(N)c1. The number of carbonyl (C=O) groups excluding carboxylic acids is 1. The highest BCUT2D eigenvalue weighted by Crippen LogP contribution is 2.32. The number of nitrogens with one attached hydrogen (secondary N) is 1. The van der Waals surface area contributed by atoms with E-state index in [1.54, 1.807) is 32.2 Å². The van der Waals surface area contributed by atoms with Crippen LogP contribution in [0, 0.1) is 5.92 Å². The van der Waals surface area contributed by atoms with Gasteiger partial charge in [-0.2, -0.15) is 0 Å². The van der Waals surface area contributed by atoms with Gasteiger partial charge in [-0.15, -0.1) is 0 Å². The molecule has 5 nitrogen and oxygen atoms in total. The third kappa shape index (κ3) is 4.13. The average Bonchev–Trinajstić information content (AvgIpc) is 3.24. The highest BCUT2D eigenvalue weighted by molar-refractivity contribution is 5.96. The number of amides is 1. The summed E-state index contributed by atoms with van der Waals surface area (Å²) in [5, 5.41) is 2.77. The fourth-order valence-electron chi connectivity index (χ4n) is 1.91. The Morgan fingerprint density at radius 1 is 1.50 bits per heavy atom. The number of nitrogens with two attached hydrogens (primary N) is 1. The summed E-state index contributed by atoms with van der Waals surface area (Å²) in [5.41, 5.74) is 6.91. The van der Waals surface area contributed by atoms with Gasteiger partial charge in [-0.25, -0.2) is 0 Å². The Bertz CT molecular complexity index is 472. The van der Waals surface area contributed by atoms with E-state index in [1.807, 2.05) is 0 Å². The van der Waals surface area contributed by atoms with Crippen LogP contribution >= 0.6 is 0 Å². The summed E-state index contributed by atoms with van der Waals surface area (Å²) in [6.45, 7) is 2.39. The highest BCUT2D eigenvalue weighted by atomic mass is 16.5. The van der Waals surface area contributed by atoms with Crippen LogP contribution in [0.1, 0.15) is 26.2 Å². The molecule has 1 amide bonds. The molecule has 0 radical (unpaired) electrons. The number of benzene rings is 1. The largest absolute Gasteiger partial charge is 0.497 e. The van der Waals surface area contributed by atoms with Crippen LogP contribution in [0.15, 0.2) is 18.2 Å². The minimum absolute atomic E-state index is 0.183. The maximum absolute atomic E-state index is 12.0. The third-order valence-electron chi connectivity index (χ3n) is 3.48. The van der Waals surface area contributed by atoms with Crippen molar-refractivity contribution in [1.29, 1.82) is 0 Å². The normalized spacial score (nSPS) is 15.7. The van der Waals surface area contributed by atoms with Gasteiger partial charge in [0.05, 0.1) is 18.5 Å². The van der Waals surface area contributed by atoms with Crippen molar-refractivity contribution < 1.29 is 14.3 Å². The molecule has 1 fully saturated rings. The molecule has 1 unspecified atom stereocenters. The summed E-state index contributed by atoms with van der Waals surface area (Å²) < 4.78 is 10.6. The predicted octanol–water partition coefficient (Wildman–Crippen LogP) is 2.42. The summed E-state index contributed by atoms with van der Waals surface area (Å²) in [7, 11) is 1.57. The molecule has 110 valence electrons. The van der Waals surface area contributed by atoms with Crippen LogP contribution in [0.3, 0.4) is 0 Å². The van der Waals surface area contributed by atoms with Crippen LogP contribution in [0.25, 0.3) is 0 Å². The van der Waals surface area contributed by atoms with Gasteiger partial charge >= 0.3 is 0 Å². The first kappa shape index (κ1) is 14.7. The first-order chi connectivity index (χ1) is 9.60. The number of hydrogen-bond donors (Lipinski definition) is 2. The molecular weight excluding hydrogens is 256 g/mol. The van der Waals surface area contributed by atoms with Gasteiger partial charge < -0.3 is 20.5 Å². The second-order valence-corrected chi connectivity index (χ2v) is 5.19. The minimum Gasteiger partial charge on any atom is -0.497 e. The molecule has 5 heteroatoms. The Labute approximate surface area is 119 Å². The lowest BCUT2D eigenvalue weighted by Crippen LogP contribution is -2.28. The second-order valence-electron chi connectivity index (χ2n) is 5.19. The summed E-state index contributed by atoms with van der Waals surface area (Å²) >= 11 is 0. The molecule has 0 aromatic heterocycles. The zero-order valence-electron chi connectivity index (χ0n) is 12.0. The summed E-state index contributed by atoms with van der Waals surface area (Å²) in [6, 6.07) is 5.15. The van der Waals surface area contributed by atoms with Crippen molar-refractivity contribution in [3.05, 3.63) is 18.2 Å². The van der Waals surface area contributed by atoms with Crippen LogP contribution in [0.2, 0.25) is 0 Å². The van der Waals surface area contributed by atoms with E-state index in [2.05, 4.69) is 5.32 Å². The van der Waals surface area contributed by atoms with Crippen LogP contribution in [-0.4, -0.2) is 25.7 Å². The fraction of sp³-hybridized carbons (Fsp3) is 0.533. The van der Waals surface area contributed by atoms with Crippen molar-refractivity contribution in [3.8, 4) is 5.75 Å². The van der Waals surface area contributed by atoms with E-state index >= 15 is 0 Å². The van der Waals surface area contributed by atoms with Crippen LogP contribution in [0.4, 0.5) is 11.4 Å². The van der Waals surface area contributed by atoms with E-state index in [9.17, 15) is 4.79 Å². The minimum atomic E-state index is -0.477. The molecule has 3 N–H and O–H groups in total. The van der Waals surface area contributed by atoms with Gasteiger partial charge in [-0.3, -0.25) is 4.79 Å². The van der Waals surface area contributed by atoms with Crippen LogP contribution in [0.5, 0.6) is 5.75 Å². The topological polar surface area (TPSA) is 73.6 Å². The second kappa shape index (κ2) is 6.61. The number of nitrogen functional groups attached to an aromatic ring is 1. The Morgan fingerprint density at radius 2 is 2.25 bits per heavy atom. The van der Waals surface area contributed by atoms with Crippen molar-refractivity contribution in [2.45, 2.75) is 32.3 Å². The average molecular weight is 278 g/mol. The molecule has 0 saturated heterocycles. The Morgan fingerprint density at radius 3 is 2.85 bits per heavy atom. The van der Waals surface area contributed by atoms with Gasteiger partial charge in [-0.05, 0) is 31.4 Å². The lowest BCUT2D eigenvalue weighted by atomic mass is 10.2. The summed E-state index contributed by atoms with van der Waals surface area (Å²) in [5.74, 6) is 1.29. The molecule has 1 aliphatic rings. The van der Waals surface area contributed by atoms with E-state index in [4.69, 9.17) is 15.2 Å². The molecule has 0 heterocycles. The predicted molar refractivity (Wildman–Crippen MR) is 78.8 cm³/mol. The molecule has 0 bridgehead atoms. The van der Waals surface area contributed by atoms with Crippen molar-refractivity contribution in [2.75, 3.05) is 24.8 Å². The molecule has 1 saturated carbocycles. The van der Waals surface area contributed by atoms with Gasteiger partial charge in [-0.1, -0.05) is 12.8 Å². The Kier molecular flexibility index (Phi) is 4.84. The number of rotatable bonds is 7. The van der Waals surface area contributed by atoms with Crippen molar-refractivity contribution >= 4 is 17.3 Å². The van der Waals surface area contributed by atoms with Crippen molar-refractivity contribution in [2.24, 2.45) is 5.92 Å². The van der Waals surface area contributed by atoms with Crippen molar-refractivity contribution in [1.82, 2.24) is 0 Å². The van der Waals surface area contributed by atoms with Gasteiger partial charge in [0.25, 0.3) is 5.91 Å². The number of carbonyl (C=O) groups is 1. The standard InChI is InChI=1S/C15H22N2O3/c1-10(20-8-7-11-3-4-11)15(18)17-14-6-5-12(19-2)9-13(14)16/h5-6,9-11H,3-4,7-8,16H2,1-2H3,(H,17,18). The first-order valence-corrected chi connectivity index (χ1v) is 6.96. The van der Waals surface area contributed by atoms with Gasteiger partial charge in [0.1, 0.15) is 11.9 Å². The monoisotopic (exact) mass is 278 g/mol. The number of methoxy groups -OCH3 is 1. The maximum Gasteiger partial charge on any atom is 0.253 e. The quantitative estimate of drug-likeness (QED) is 0.751. The van der Waals surface area contributed by atoms with Crippen molar-refractivity contribution in [3.63, 3.8) is 0 Å². The molecule has 0 spiro atoms. The highest BCUT2D eigenvalue weighted by Gasteiger charge is 2.22. The van der Waals surface area contributed by atoms with E-state index in [0.717, 1.165) is 12.3 Å². The van der Waals surface area contributed by atoms with Gasteiger partial charge in [0.15, 0.2) is 0 Å². The maximum atomic E-state index is 12.0. The molecule has 1 aliphatic carbocycles. The molecule has 1 aromatic rings. The molecule has 2 rings (SSSR count). The summed E-state index contributed by atoms with van der Waals surface area (Å²) in [6.07, 6.45) is 3.16. The van der Waals surface area contributed by atoms with E-state index in [0.29, 0.717) is 23.7 Å². The van der Waals surface area contributed by atoms with Crippen LogP contribution < -0.4 is 15.8 Å². The molecule has 1 atom stereocenters. The molecule has 1 aromatic carbocycles. The molecule has 20 heavy (non-hydrogen) atoms. The van der Waals surface area contributed by atoms with E-state index in [-0.39, 0.29) is 5.91 Å². The lowest BCUT2D eigenvalue weighted by molar-refractivity contribution is -0.126. The summed E-state index contributed by atoms with van der Waals surface area (Å²) in [4.78, 5) is 12.0. The Balaban J connectivity index is 1.82.